The number of Topliss-reactive ketones (excluding diaryl/α,β-unsaturated/α-hetero) is 1. The number of rotatable bonds is 3. The number of aromatic amines is 1. The second kappa shape index (κ2) is 5.07. The number of aromatic nitrogens is 2. The molecule has 2 heterocycles. The molecule has 2 aromatic rings. The first-order valence-corrected chi connectivity index (χ1v) is 6.94. The summed E-state index contributed by atoms with van der Waals surface area (Å²) >= 11 is 0. The van der Waals surface area contributed by atoms with E-state index in [1.54, 1.807) is 18.3 Å². The highest BCUT2D eigenvalue weighted by Crippen LogP contribution is 2.19. The second-order valence-electron chi connectivity index (χ2n) is 5.35. The van der Waals surface area contributed by atoms with Gasteiger partial charge in [-0.2, -0.15) is 0 Å². The van der Waals surface area contributed by atoms with Gasteiger partial charge in [-0.05, 0) is 25.0 Å². The molecule has 0 saturated heterocycles. The number of carbonyl (C=O) groups is 2. The Kier molecular flexibility index (Phi) is 3.26. The van der Waals surface area contributed by atoms with Crippen molar-refractivity contribution in [3.05, 3.63) is 29.6 Å². The van der Waals surface area contributed by atoms with E-state index in [2.05, 4.69) is 15.3 Å². The van der Waals surface area contributed by atoms with E-state index in [1.807, 2.05) is 0 Å². The van der Waals surface area contributed by atoms with Gasteiger partial charge in [0.05, 0.1) is 22.3 Å². The summed E-state index contributed by atoms with van der Waals surface area (Å²) < 4.78 is 0. The lowest BCUT2D eigenvalue weighted by Gasteiger charge is -2.11. The highest BCUT2D eigenvalue weighted by molar-refractivity contribution is 6.00. The molecule has 1 aliphatic rings. The van der Waals surface area contributed by atoms with Gasteiger partial charge in [0.25, 0.3) is 5.91 Å². The van der Waals surface area contributed by atoms with Crippen LogP contribution in [0.5, 0.6) is 0 Å². The molecular weight excluding hydrogens is 254 g/mol. The first-order valence-electron chi connectivity index (χ1n) is 6.94. The lowest BCUT2D eigenvalue weighted by molar-refractivity contribution is 0.0937. The minimum absolute atomic E-state index is 0.0417. The van der Waals surface area contributed by atoms with E-state index in [9.17, 15) is 9.59 Å². The van der Waals surface area contributed by atoms with Crippen LogP contribution in [0, 0.1) is 0 Å². The topological polar surface area (TPSA) is 74.8 Å². The zero-order valence-electron chi connectivity index (χ0n) is 11.4. The summed E-state index contributed by atoms with van der Waals surface area (Å²) in [6.07, 6.45) is 6.03. The first kappa shape index (κ1) is 12.8. The predicted molar refractivity (Wildman–Crippen MR) is 75.8 cm³/mol. The summed E-state index contributed by atoms with van der Waals surface area (Å²) in [6, 6.07) is 3.74. The van der Waals surface area contributed by atoms with Gasteiger partial charge < -0.3 is 10.3 Å². The molecular formula is C15H17N3O2. The number of ketones is 1. The molecule has 0 aliphatic heterocycles. The molecule has 5 nitrogen and oxygen atoms in total. The summed E-state index contributed by atoms with van der Waals surface area (Å²) in [6.45, 7) is 1.50. The fourth-order valence-electron chi connectivity index (χ4n) is 2.66. The lowest BCUT2D eigenvalue weighted by Crippen LogP contribution is -2.32. The van der Waals surface area contributed by atoms with E-state index in [0.717, 1.165) is 12.8 Å². The average Bonchev–Trinajstić information content (AvgIpc) is 3.05. The van der Waals surface area contributed by atoms with Crippen LogP contribution in [0.2, 0.25) is 0 Å². The monoisotopic (exact) mass is 271 g/mol. The van der Waals surface area contributed by atoms with Crippen LogP contribution >= 0.6 is 0 Å². The van der Waals surface area contributed by atoms with Crippen molar-refractivity contribution in [2.75, 3.05) is 0 Å². The average molecular weight is 271 g/mol. The Hall–Kier alpha value is -2.17. The predicted octanol–water partition coefficient (Wildman–Crippen LogP) is 2.44. The maximum atomic E-state index is 12.2. The van der Waals surface area contributed by atoms with Crippen LogP contribution in [-0.2, 0) is 0 Å². The maximum absolute atomic E-state index is 12.2. The van der Waals surface area contributed by atoms with Gasteiger partial charge in [-0.25, -0.2) is 0 Å². The minimum Gasteiger partial charge on any atom is -0.351 e. The Morgan fingerprint density at radius 2 is 2.05 bits per heavy atom. The van der Waals surface area contributed by atoms with Gasteiger partial charge >= 0.3 is 0 Å². The van der Waals surface area contributed by atoms with E-state index in [0.29, 0.717) is 22.3 Å². The van der Waals surface area contributed by atoms with Crippen molar-refractivity contribution in [1.29, 1.82) is 0 Å². The molecule has 1 fully saturated rings. The molecule has 0 bridgehead atoms. The van der Waals surface area contributed by atoms with Gasteiger partial charge in [0.15, 0.2) is 5.78 Å². The number of hydrogen-bond donors (Lipinski definition) is 2. The molecule has 0 atom stereocenters. The Bertz CT molecular complexity index is 669. The van der Waals surface area contributed by atoms with Crippen LogP contribution in [-0.4, -0.2) is 27.7 Å². The molecule has 5 heteroatoms. The van der Waals surface area contributed by atoms with Crippen molar-refractivity contribution < 1.29 is 9.59 Å². The van der Waals surface area contributed by atoms with Crippen molar-refractivity contribution in [3.8, 4) is 0 Å². The number of carbonyl (C=O) groups excluding carboxylic acids is 2. The molecule has 2 aromatic heterocycles. The maximum Gasteiger partial charge on any atom is 0.253 e. The fraction of sp³-hybridized carbons (Fsp3) is 0.400. The number of amides is 1. The summed E-state index contributed by atoms with van der Waals surface area (Å²) in [7, 11) is 0. The Balaban J connectivity index is 1.84. The second-order valence-corrected chi connectivity index (χ2v) is 5.35. The normalized spacial score (nSPS) is 15.7. The van der Waals surface area contributed by atoms with Gasteiger partial charge in [-0.15, -0.1) is 0 Å². The van der Waals surface area contributed by atoms with Gasteiger partial charge in [0.1, 0.15) is 0 Å². The molecule has 3 rings (SSSR count). The zero-order valence-corrected chi connectivity index (χ0v) is 11.4. The third kappa shape index (κ3) is 2.43. The van der Waals surface area contributed by atoms with Crippen LogP contribution in [0.25, 0.3) is 11.0 Å². The fourth-order valence-corrected chi connectivity index (χ4v) is 2.66. The SMILES string of the molecule is CC(=O)c1cc2ncc(C(=O)NC3CCCC3)cc2[nH]1. The molecule has 104 valence electrons. The van der Waals surface area contributed by atoms with E-state index < -0.39 is 0 Å². The quantitative estimate of drug-likeness (QED) is 0.842. The summed E-state index contributed by atoms with van der Waals surface area (Å²) in [5.74, 6) is -0.134. The Morgan fingerprint density at radius 1 is 1.30 bits per heavy atom. The summed E-state index contributed by atoms with van der Waals surface area (Å²) in [5, 5.41) is 3.03. The highest BCUT2D eigenvalue weighted by atomic mass is 16.1. The molecule has 1 saturated carbocycles. The number of H-pyrrole nitrogens is 1. The smallest absolute Gasteiger partial charge is 0.253 e. The molecule has 0 radical (unpaired) electrons. The minimum atomic E-state index is -0.0923. The van der Waals surface area contributed by atoms with Crippen molar-refractivity contribution in [3.63, 3.8) is 0 Å². The highest BCUT2D eigenvalue weighted by Gasteiger charge is 2.18. The van der Waals surface area contributed by atoms with Crippen molar-refractivity contribution in [1.82, 2.24) is 15.3 Å². The number of pyridine rings is 1. The van der Waals surface area contributed by atoms with Gasteiger partial charge in [-0.1, -0.05) is 12.8 Å². The molecule has 2 N–H and O–H groups in total. The van der Waals surface area contributed by atoms with Gasteiger partial charge in [0.2, 0.25) is 0 Å². The third-order valence-corrected chi connectivity index (χ3v) is 3.80. The molecule has 1 amide bonds. The van der Waals surface area contributed by atoms with Crippen LogP contribution in [0.15, 0.2) is 18.3 Å². The Morgan fingerprint density at radius 3 is 2.75 bits per heavy atom. The van der Waals surface area contributed by atoms with Crippen molar-refractivity contribution >= 4 is 22.7 Å². The third-order valence-electron chi connectivity index (χ3n) is 3.80. The lowest BCUT2D eigenvalue weighted by atomic mass is 10.2. The van der Waals surface area contributed by atoms with E-state index in [1.165, 1.54) is 19.8 Å². The van der Waals surface area contributed by atoms with E-state index in [-0.39, 0.29) is 17.7 Å². The van der Waals surface area contributed by atoms with Crippen molar-refractivity contribution in [2.45, 2.75) is 38.6 Å². The number of nitrogens with one attached hydrogen (secondary N) is 2. The van der Waals surface area contributed by atoms with Crippen LogP contribution < -0.4 is 5.32 Å². The molecule has 20 heavy (non-hydrogen) atoms. The molecule has 1 aliphatic carbocycles. The van der Waals surface area contributed by atoms with Crippen LogP contribution in [0.3, 0.4) is 0 Å². The molecule has 0 spiro atoms. The molecule has 0 aromatic carbocycles. The van der Waals surface area contributed by atoms with Crippen LogP contribution in [0.1, 0.15) is 53.5 Å². The summed E-state index contributed by atoms with van der Waals surface area (Å²) in [4.78, 5) is 30.7. The number of nitrogens with zero attached hydrogens (tertiary/aromatic N) is 1. The number of hydrogen-bond acceptors (Lipinski definition) is 3. The Labute approximate surface area is 116 Å². The van der Waals surface area contributed by atoms with Gasteiger partial charge in [0, 0.05) is 19.2 Å². The molecule has 0 unspecified atom stereocenters. The van der Waals surface area contributed by atoms with Crippen molar-refractivity contribution in [2.24, 2.45) is 0 Å². The summed E-state index contributed by atoms with van der Waals surface area (Å²) in [5.41, 5.74) is 2.46. The van der Waals surface area contributed by atoms with Gasteiger partial charge in [-0.3, -0.25) is 14.6 Å². The standard InChI is InChI=1S/C15H17N3O2/c1-9(19)12-7-13-14(18-12)6-10(8-16-13)15(20)17-11-4-2-3-5-11/h6-8,11,18H,2-5H2,1H3,(H,17,20). The van der Waals surface area contributed by atoms with Crippen LogP contribution in [0.4, 0.5) is 0 Å². The van der Waals surface area contributed by atoms with E-state index in [4.69, 9.17) is 0 Å². The zero-order chi connectivity index (χ0) is 14.1. The largest absolute Gasteiger partial charge is 0.351 e. The van der Waals surface area contributed by atoms with E-state index >= 15 is 0 Å². The number of fused-ring (bicyclic) bond motifs is 1. The first-order chi connectivity index (χ1) is 9.63.